The summed E-state index contributed by atoms with van der Waals surface area (Å²) in [5, 5.41) is 2.91. The van der Waals surface area contributed by atoms with Crippen LogP contribution in [0.1, 0.15) is 41.1 Å². The molecule has 1 amide bonds. The lowest BCUT2D eigenvalue weighted by Gasteiger charge is -2.25. The first-order chi connectivity index (χ1) is 11.6. The van der Waals surface area contributed by atoms with Gasteiger partial charge >= 0.3 is 5.69 Å². The lowest BCUT2D eigenvalue weighted by Crippen LogP contribution is -2.13. The topological polar surface area (TPSA) is 66.9 Å². The van der Waals surface area contributed by atoms with Crippen molar-refractivity contribution >= 4 is 22.6 Å². The Hall–Kier alpha value is -2.82. The van der Waals surface area contributed by atoms with E-state index >= 15 is 0 Å². The number of aryl methyl sites for hydroxylation is 1. The van der Waals surface area contributed by atoms with E-state index in [1.807, 2.05) is 12.1 Å². The second-order valence-corrected chi connectivity index (χ2v) is 6.43. The molecule has 2 aromatic carbocycles. The molecule has 1 saturated carbocycles. The molecular weight excluding hydrogens is 302 g/mol. The monoisotopic (exact) mass is 321 g/mol. The van der Waals surface area contributed by atoms with Gasteiger partial charge in [-0.2, -0.15) is 0 Å². The number of fused-ring (bicyclic) bond motifs is 1. The van der Waals surface area contributed by atoms with Crippen LogP contribution in [0.15, 0.2) is 47.3 Å². The lowest BCUT2D eigenvalue weighted by atomic mass is 9.80. The first-order valence-corrected chi connectivity index (χ1v) is 8.22. The number of aromatic amines is 1. The molecule has 1 aliphatic rings. The van der Waals surface area contributed by atoms with Crippen LogP contribution in [0.25, 0.3) is 11.0 Å². The van der Waals surface area contributed by atoms with Crippen LogP contribution in [0.4, 0.5) is 5.69 Å². The third-order valence-corrected chi connectivity index (χ3v) is 4.91. The van der Waals surface area contributed by atoms with Gasteiger partial charge in [-0.3, -0.25) is 9.36 Å². The molecule has 122 valence electrons. The number of nitrogens with zero attached hydrogens (tertiary/aromatic N) is 1. The van der Waals surface area contributed by atoms with Gasteiger partial charge < -0.3 is 10.3 Å². The minimum absolute atomic E-state index is 0.179. The third kappa shape index (κ3) is 2.52. The van der Waals surface area contributed by atoms with E-state index in [1.54, 1.807) is 25.2 Å². The lowest BCUT2D eigenvalue weighted by molar-refractivity contribution is 0.102. The SMILES string of the molecule is Cn1c(=O)[nH]c2ccc(C(=O)Nc3ccc(C4CCC4)cc3)cc21. The van der Waals surface area contributed by atoms with Gasteiger partial charge in [-0.1, -0.05) is 18.6 Å². The summed E-state index contributed by atoms with van der Waals surface area (Å²) < 4.78 is 1.50. The van der Waals surface area contributed by atoms with Crippen molar-refractivity contribution in [3.05, 3.63) is 64.1 Å². The first-order valence-electron chi connectivity index (χ1n) is 8.22. The van der Waals surface area contributed by atoms with E-state index in [1.165, 1.54) is 29.4 Å². The average Bonchev–Trinajstić information content (AvgIpc) is 2.82. The molecule has 1 fully saturated rings. The van der Waals surface area contributed by atoms with Crippen LogP contribution < -0.4 is 11.0 Å². The fourth-order valence-electron chi connectivity index (χ4n) is 3.15. The van der Waals surface area contributed by atoms with Crippen LogP contribution >= 0.6 is 0 Å². The van der Waals surface area contributed by atoms with E-state index < -0.39 is 0 Å². The maximum atomic E-state index is 12.5. The molecule has 0 saturated heterocycles. The van der Waals surface area contributed by atoms with Crippen molar-refractivity contribution in [2.24, 2.45) is 7.05 Å². The number of imidazole rings is 1. The number of aromatic nitrogens is 2. The van der Waals surface area contributed by atoms with E-state index in [0.717, 1.165) is 11.2 Å². The normalized spacial score (nSPS) is 14.5. The molecule has 0 atom stereocenters. The van der Waals surface area contributed by atoms with Crippen LogP contribution in [0, 0.1) is 0 Å². The molecule has 0 unspecified atom stereocenters. The van der Waals surface area contributed by atoms with Gasteiger partial charge in [0.25, 0.3) is 5.91 Å². The molecule has 1 aromatic heterocycles. The maximum absolute atomic E-state index is 12.5. The van der Waals surface area contributed by atoms with Crippen molar-refractivity contribution in [2.45, 2.75) is 25.2 Å². The molecule has 24 heavy (non-hydrogen) atoms. The number of nitrogens with one attached hydrogen (secondary N) is 2. The molecule has 5 nitrogen and oxygen atoms in total. The molecule has 0 aliphatic heterocycles. The Labute approximate surface area is 139 Å². The second kappa shape index (κ2) is 5.67. The fraction of sp³-hybridized carbons (Fsp3) is 0.263. The molecule has 1 heterocycles. The standard InChI is InChI=1S/C19H19N3O2/c1-22-17-11-14(7-10-16(17)21-19(22)24)18(23)20-15-8-5-13(6-9-15)12-3-2-4-12/h5-12H,2-4H2,1H3,(H,20,23)(H,21,24). The van der Waals surface area contributed by atoms with Crippen molar-refractivity contribution < 1.29 is 4.79 Å². The zero-order valence-electron chi connectivity index (χ0n) is 13.5. The summed E-state index contributed by atoms with van der Waals surface area (Å²) in [4.78, 5) is 26.8. The minimum atomic E-state index is -0.186. The Bertz CT molecular complexity index is 962. The average molecular weight is 321 g/mol. The highest BCUT2D eigenvalue weighted by Crippen LogP contribution is 2.36. The highest BCUT2D eigenvalue weighted by Gasteiger charge is 2.19. The summed E-state index contributed by atoms with van der Waals surface area (Å²) in [6, 6.07) is 13.3. The summed E-state index contributed by atoms with van der Waals surface area (Å²) in [6.07, 6.45) is 3.84. The summed E-state index contributed by atoms with van der Waals surface area (Å²) >= 11 is 0. The predicted molar refractivity (Wildman–Crippen MR) is 94.5 cm³/mol. The van der Waals surface area contributed by atoms with Crippen molar-refractivity contribution in [2.75, 3.05) is 5.32 Å². The van der Waals surface area contributed by atoms with Crippen LogP contribution in [0.5, 0.6) is 0 Å². The Kier molecular flexibility index (Phi) is 3.49. The Morgan fingerprint density at radius 3 is 2.58 bits per heavy atom. The molecule has 2 N–H and O–H groups in total. The number of hydrogen-bond donors (Lipinski definition) is 2. The Balaban J connectivity index is 1.55. The Morgan fingerprint density at radius 2 is 1.92 bits per heavy atom. The predicted octanol–water partition coefficient (Wildman–Crippen LogP) is 3.39. The summed E-state index contributed by atoms with van der Waals surface area (Å²) in [5.74, 6) is 0.508. The largest absolute Gasteiger partial charge is 0.326 e. The molecule has 0 spiro atoms. The quantitative estimate of drug-likeness (QED) is 0.776. The van der Waals surface area contributed by atoms with Gasteiger partial charge in [0.15, 0.2) is 0 Å². The van der Waals surface area contributed by atoms with Gasteiger partial charge in [0.05, 0.1) is 11.0 Å². The van der Waals surface area contributed by atoms with Crippen LogP contribution in [0.2, 0.25) is 0 Å². The van der Waals surface area contributed by atoms with Gasteiger partial charge in [0.1, 0.15) is 0 Å². The molecule has 1 aliphatic carbocycles. The van der Waals surface area contributed by atoms with Gasteiger partial charge in [-0.15, -0.1) is 0 Å². The number of benzene rings is 2. The van der Waals surface area contributed by atoms with Crippen molar-refractivity contribution in [1.29, 1.82) is 0 Å². The summed E-state index contributed by atoms with van der Waals surface area (Å²) in [7, 11) is 1.68. The van der Waals surface area contributed by atoms with E-state index in [9.17, 15) is 9.59 Å². The fourth-order valence-corrected chi connectivity index (χ4v) is 3.15. The van der Waals surface area contributed by atoms with Crippen LogP contribution in [-0.2, 0) is 7.05 Å². The first kappa shape index (κ1) is 14.8. The van der Waals surface area contributed by atoms with Crippen molar-refractivity contribution in [1.82, 2.24) is 9.55 Å². The van der Waals surface area contributed by atoms with Crippen molar-refractivity contribution in [3.8, 4) is 0 Å². The molecule has 3 aromatic rings. The van der Waals surface area contributed by atoms with Crippen LogP contribution in [-0.4, -0.2) is 15.5 Å². The van der Waals surface area contributed by atoms with Gasteiger partial charge in [-0.05, 0) is 54.7 Å². The highest BCUT2D eigenvalue weighted by atomic mass is 16.2. The number of amides is 1. The number of H-pyrrole nitrogens is 1. The number of hydrogen-bond acceptors (Lipinski definition) is 2. The zero-order valence-corrected chi connectivity index (χ0v) is 13.5. The number of anilines is 1. The second-order valence-electron chi connectivity index (χ2n) is 6.43. The van der Waals surface area contributed by atoms with E-state index in [-0.39, 0.29) is 11.6 Å². The van der Waals surface area contributed by atoms with Gasteiger partial charge in [0, 0.05) is 18.3 Å². The van der Waals surface area contributed by atoms with E-state index in [4.69, 9.17) is 0 Å². The maximum Gasteiger partial charge on any atom is 0.326 e. The molecule has 4 rings (SSSR count). The number of carbonyl (C=O) groups is 1. The third-order valence-electron chi connectivity index (χ3n) is 4.91. The van der Waals surface area contributed by atoms with Gasteiger partial charge in [-0.25, -0.2) is 4.79 Å². The smallest absolute Gasteiger partial charge is 0.322 e. The number of carbonyl (C=O) groups excluding carboxylic acids is 1. The summed E-state index contributed by atoms with van der Waals surface area (Å²) in [6.45, 7) is 0. The molecular formula is C19H19N3O2. The zero-order chi connectivity index (χ0) is 16.7. The Morgan fingerprint density at radius 1 is 1.17 bits per heavy atom. The molecule has 0 radical (unpaired) electrons. The van der Waals surface area contributed by atoms with Gasteiger partial charge in [0.2, 0.25) is 0 Å². The van der Waals surface area contributed by atoms with E-state index in [0.29, 0.717) is 17.0 Å². The summed E-state index contributed by atoms with van der Waals surface area (Å²) in [5.41, 5.74) is 3.92. The van der Waals surface area contributed by atoms with Crippen molar-refractivity contribution in [3.63, 3.8) is 0 Å². The minimum Gasteiger partial charge on any atom is -0.322 e. The van der Waals surface area contributed by atoms with Crippen LogP contribution in [0.3, 0.4) is 0 Å². The van der Waals surface area contributed by atoms with E-state index in [2.05, 4.69) is 22.4 Å². The molecule has 5 heteroatoms. The number of rotatable bonds is 3. The highest BCUT2D eigenvalue weighted by molar-refractivity contribution is 6.05. The molecule has 0 bridgehead atoms.